The topological polar surface area (TPSA) is 57.0 Å². The maximum atomic E-state index is 11.5. The Morgan fingerprint density at radius 1 is 1.59 bits per heavy atom. The quantitative estimate of drug-likeness (QED) is 0.777. The smallest absolute Gasteiger partial charge is 0.360 e. The second-order valence-corrected chi connectivity index (χ2v) is 4.30. The Balaban J connectivity index is 2.29. The molecule has 6 heteroatoms. The van der Waals surface area contributed by atoms with Crippen molar-refractivity contribution in [2.75, 3.05) is 7.11 Å². The molecule has 0 aliphatic heterocycles. The summed E-state index contributed by atoms with van der Waals surface area (Å²) in [5, 5.41) is 11.9. The second kappa shape index (κ2) is 5.09. The molecule has 17 heavy (non-hydrogen) atoms. The standard InChI is InChI=1S/C11H13N3O2S/c1-3-9-10(11(15)16-2)12-13-14(9)6-8-4-5-17-7-8/h4-5,7H,3,6H2,1-2H3. The van der Waals surface area contributed by atoms with E-state index in [4.69, 9.17) is 0 Å². The van der Waals surface area contributed by atoms with Crippen molar-refractivity contribution in [1.82, 2.24) is 15.0 Å². The van der Waals surface area contributed by atoms with E-state index in [2.05, 4.69) is 20.4 Å². The lowest BCUT2D eigenvalue weighted by Gasteiger charge is -2.03. The van der Waals surface area contributed by atoms with E-state index >= 15 is 0 Å². The molecule has 0 saturated heterocycles. The molecular weight excluding hydrogens is 238 g/mol. The Bertz CT molecular complexity index is 505. The number of hydrogen-bond acceptors (Lipinski definition) is 5. The van der Waals surface area contributed by atoms with E-state index in [0.29, 0.717) is 18.7 Å². The van der Waals surface area contributed by atoms with E-state index in [1.165, 1.54) is 7.11 Å². The summed E-state index contributed by atoms with van der Waals surface area (Å²) in [6, 6.07) is 2.03. The molecule has 0 unspecified atom stereocenters. The molecule has 0 aliphatic rings. The monoisotopic (exact) mass is 251 g/mol. The van der Waals surface area contributed by atoms with Crippen LogP contribution in [-0.4, -0.2) is 28.1 Å². The third-order valence-electron chi connectivity index (χ3n) is 2.46. The molecule has 0 spiro atoms. The van der Waals surface area contributed by atoms with E-state index in [9.17, 15) is 4.79 Å². The summed E-state index contributed by atoms with van der Waals surface area (Å²) in [7, 11) is 1.35. The minimum absolute atomic E-state index is 0.310. The summed E-state index contributed by atoms with van der Waals surface area (Å²) in [5.41, 5.74) is 2.28. The van der Waals surface area contributed by atoms with Crippen LogP contribution < -0.4 is 0 Å². The number of methoxy groups -OCH3 is 1. The summed E-state index contributed by atoms with van der Waals surface area (Å²) in [6.45, 7) is 2.60. The highest BCUT2D eigenvalue weighted by atomic mass is 32.1. The molecule has 0 radical (unpaired) electrons. The molecule has 90 valence electrons. The number of aromatic nitrogens is 3. The van der Waals surface area contributed by atoms with E-state index in [0.717, 1.165) is 11.3 Å². The summed E-state index contributed by atoms with van der Waals surface area (Å²) in [4.78, 5) is 11.5. The van der Waals surface area contributed by atoms with Crippen LogP contribution in [-0.2, 0) is 17.7 Å². The number of rotatable bonds is 4. The first-order valence-corrected chi connectivity index (χ1v) is 6.22. The molecule has 0 aliphatic carbocycles. The molecule has 2 heterocycles. The third-order valence-corrected chi connectivity index (χ3v) is 3.20. The maximum Gasteiger partial charge on any atom is 0.360 e. The lowest BCUT2D eigenvalue weighted by Crippen LogP contribution is -2.09. The number of nitrogens with zero attached hydrogens (tertiary/aromatic N) is 3. The highest BCUT2D eigenvalue weighted by Gasteiger charge is 2.18. The molecular formula is C11H13N3O2S. The lowest BCUT2D eigenvalue weighted by molar-refractivity contribution is 0.0592. The Morgan fingerprint density at radius 2 is 2.41 bits per heavy atom. The van der Waals surface area contributed by atoms with Gasteiger partial charge in [0.1, 0.15) is 0 Å². The molecule has 0 saturated carbocycles. The number of carbonyl (C=O) groups is 1. The van der Waals surface area contributed by atoms with Gasteiger partial charge in [0.2, 0.25) is 0 Å². The number of esters is 1. The third kappa shape index (κ3) is 2.36. The molecule has 0 N–H and O–H groups in total. The highest BCUT2D eigenvalue weighted by Crippen LogP contribution is 2.12. The first kappa shape index (κ1) is 11.8. The molecule has 2 aromatic rings. The average molecular weight is 251 g/mol. The van der Waals surface area contributed by atoms with Gasteiger partial charge in [-0.15, -0.1) is 5.10 Å². The van der Waals surface area contributed by atoms with Gasteiger partial charge in [-0.1, -0.05) is 12.1 Å². The van der Waals surface area contributed by atoms with Gasteiger partial charge in [0.05, 0.1) is 19.3 Å². The van der Waals surface area contributed by atoms with Crippen molar-refractivity contribution in [2.45, 2.75) is 19.9 Å². The van der Waals surface area contributed by atoms with Gasteiger partial charge < -0.3 is 4.74 Å². The van der Waals surface area contributed by atoms with Gasteiger partial charge >= 0.3 is 5.97 Å². The summed E-state index contributed by atoms with van der Waals surface area (Å²) >= 11 is 1.64. The molecule has 0 amide bonds. The summed E-state index contributed by atoms with van der Waals surface area (Å²) in [6.07, 6.45) is 0.696. The van der Waals surface area contributed by atoms with E-state index in [-0.39, 0.29) is 0 Å². The van der Waals surface area contributed by atoms with E-state index in [1.807, 2.05) is 18.4 Å². The Hall–Kier alpha value is -1.69. The fourth-order valence-electron chi connectivity index (χ4n) is 1.62. The lowest BCUT2D eigenvalue weighted by atomic mass is 10.2. The second-order valence-electron chi connectivity index (χ2n) is 3.52. The van der Waals surface area contributed by atoms with Crippen molar-refractivity contribution in [1.29, 1.82) is 0 Å². The SMILES string of the molecule is CCc1c(C(=O)OC)nnn1Cc1ccsc1. The first-order valence-electron chi connectivity index (χ1n) is 5.28. The minimum Gasteiger partial charge on any atom is -0.464 e. The summed E-state index contributed by atoms with van der Waals surface area (Å²) in [5.74, 6) is -0.432. The number of hydrogen-bond donors (Lipinski definition) is 0. The van der Waals surface area contributed by atoms with Crippen molar-refractivity contribution in [2.24, 2.45) is 0 Å². The largest absolute Gasteiger partial charge is 0.464 e. The molecule has 2 aromatic heterocycles. The highest BCUT2D eigenvalue weighted by molar-refractivity contribution is 7.07. The minimum atomic E-state index is -0.432. The zero-order valence-corrected chi connectivity index (χ0v) is 10.5. The first-order chi connectivity index (χ1) is 8.26. The number of thiophene rings is 1. The van der Waals surface area contributed by atoms with Crippen LogP contribution in [0.3, 0.4) is 0 Å². The van der Waals surface area contributed by atoms with Gasteiger partial charge in [0.15, 0.2) is 5.69 Å². The van der Waals surface area contributed by atoms with Crippen molar-refractivity contribution < 1.29 is 9.53 Å². The van der Waals surface area contributed by atoms with Crippen molar-refractivity contribution in [3.05, 3.63) is 33.8 Å². The molecule has 0 aromatic carbocycles. The van der Waals surface area contributed by atoms with Crippen molar-refractivity contribution in [3.8, 4) is 0 Å². The van der Waals surface area contributed by atoms with Crippen molar-refractivity contribution in [3.63, 3.8) is 0 Å². The van der Waals surface area contributed by atoms with Crippen LogP contribution in [0.2, 0.25) is 0 Å². The molecule has 5 nitrogen and oxygen atoms in total. The molecule has 2 rings (SSSR count). The van der Waals surface area contributed by atoms with Gasteiger partial charge in [0.25, 0.3) is 0 Å². The van der Waals surface area contributed by atoms with E-state index < -0.39 is 5.97 Å². The van der Waals surface area contributed by atoms with Crippen LogP contribution in [0, 0.1) is 0 Å². The maximum absolute atomic E-state index is 11.5. The van der Waals surface area contributed by atoms with Gasteiger partial charge in [-0.25, -0.2) is 9.48 Å². The van der Waals surface area contributed by atoms with Gasteiger partial charge in [-0.05, 0) is 28.8 Å². The number of carbonyl (C=O) groups excluding carboxylic acids is 1. The zero-order chi connectivity index (χ0) is 12.3. The van der Waals surface area contributed by atoms with Crippen LogP contribution in [0.15, 0.2) is 16.8 Å². The number of ether oxygens (including phenoxy) is 1. The van der Waals surface area contributed by atoms with Gasteiger partial charge in [-0.3, -0.25) is 0 Å². The van der Waals surface area contributed by atoms with Crippen LogP contribution in [0.4, 0.5) is 0 Å². The zero-order valence-electron chi connectivity index (χ0n) is 9.71. The van der Waals surface area contributed by atoms with E-state index in [1.54, 1.807) is 16.0 Å². The summed E-state index contributed by atoms with van der Waals surface area (Å²) < 4.78 is 6.42. The van der Waals surface area contributed by atoms with Crippen LogP contribution in [0.1, 0.15) is 28.7 Å². The Kier molecular flexibility index (Phi) is 3.53. The average Bonchev–Trinajstić information content (AvgIpc) is 2.97. The molecule has 0 bridgehead atoms. The van der Waals surface area contributed by atoms with Crippen molar-refractivity contribution >= 4 is 17.3 Å². The fraction of sp³-hybridized carbons (Fsp3) is 0.364. The Labute approximate surface area is 103 Å². The Morgan fingerprint density at radius 3 is 3.00 bits per heavy atom. The fourth-order valence-corrected chi connectivity index (χ4v) is 2.28. The van der Waals surface area contributed by atoms with Gasteiger partial charge in [0, 0.05) is 0 Å². The predicted molar refractivity (Wildman–Crippen MR) is 64.2 cm³/mol. The molecule has 0 atom stereocenters. The van der Waals surface area contributed by atoms with Crippen LogP contribution >= 0.6 is 11.3 Å². The van der Waals surface area contributed by atoms with Crippen LogP contribution in [0.5, 0.6) is 0 Å². The van der Waals surface area contributed by atoms with Crippen LogP contribution in [0.25, 0.3) is 0 Å². The molecule has 0 fully saturated rings. The normalized spacial score (nSPS) is 10.5. The van der Waals surface area contributed by atoms with Gasteiger partial charge in [-0.2, -0.15) is 11.3 Å². The predicted octanol–water partition coefficient (Wildman–Crippen LogP) is 1.74.